The van der Waals surface area contributed by atoms with E-state index in [4.69, 9.17) is 14.2 Å². The van der Waals surface area contributed by atoms with Crippen LogP contribution in [0.2, 0.25) is 0 Å². The number of ketones is 1. The van der Waals surface area contributed by atoms with Crippen molar-refractivity contribution in [2.45, 2.75) is 45.4 Å². The zero-order valence-electron chi connectivity index (χ0n) is 24.6. The van der Waals surface area contributed by atoms with E-state index in [0.29, 0.717) is 55.2 Å². The normalized spacial score (nSPS) is 19.2. The highest BCUT2D eigenvalue weighted by Crippen LogP contribution is 2.43. The van der Waals surface area contributed by atoms with E-state index >= 15 is 0 Å². The Morgan fingerprint density at radius 1 is 1.02 bits per heavy atom. The molecule has 3 aromatic rings. The number of hydrogen-bond acceptors (Lipinski definition) is 7. The molecular formula is C34H38N2O6. The maximum absolute atomic E-state index is 13.5. The molecule has 1 N–H and O–H groups in total. The zero-order valence-corrected chi connectivity index (χ0v) is 24.6. The number of fused-ring (bicyclic) bond motifs is 1. The molecule has 0 aromatic heterocycles. The van der Waals surface area contributed by atoms with Gasteiger partial charge in [0.1, 0.15) is 24.2 Å². The Kier molecular flexibility index (Phi) is 8.83. The van der Waals surface area contributed by atoms with Crippen molar-refractivity contribution in [3.8, 4) is 17.2 Å². The molecule has 0 aliphatic carbocycles. The van der Waals surface area contributed by atoms with Crippen molar-refractivity contribution in [1.29, 1.82) is 0 Å². The second kappa shape index (κ2) is 12.7. The van der Waals surface area contributed by atoms with Gasteiger partial charge in [-0.05, 0) is 87.9 Å². The lowest BCUT2D eigenvalue weighted by Crippen LogP contribution is -2.32. The van der Waals surface area contributed by atoms with Crippen molar-refractivity contribution < 1.29 is 28.9 Å². The molecule has 0 spiro atoms. The Morgan fingerprint density at radius 2 is 1.81 bits per heavy atom. The fraction of sp³-hybridized carbons (Fsp3) is 0.353. The van der Waals surface area contributed by atoms with Crippen LogP contribution in [0.15, 0.2) is 72.3 Å². The fourth-order valence-electron chi connectivity index (χ4n) is 5.56. The summed E-state index contributed by atoms with van der Waals surface area (Å²) in [5, 5.41) is 11.6. The van der Waals surface area contributed by atoms with Crippen molar-refractivity contribution in [1.82, 2.24) is 9.80 Å². The first kappa shape index (κ1) is 29.2. The molecule has 0 radical (unpaired) electrons. The number of aliphatic hydroxyl groups excluding tert-OH is 1. The zero-order chi connectivity index (χ0) is 29.8. The van der Waals surface area contributed by atoms with Gasteiger partial charge in [0.25, 0.3) is 11.7 Å². The molecule has 1 saturated heterocycles. The number of likely N-dealkylation sites (tertiary alicyclic amines) is 1. The molecule has 0 bridgehead atoms. The van der Waals surface area contributed by atoms with Gasteiger partial charge in [-0.1, -0.05) is 36.4 Å². The molecule has 2 unspecified atom stereocenters. The minimum Gasteiger partial charge on any atom is -0.507 e. The van der Waals surface area contributed by atoms with Crippen molar-refractivity contribution in [2.24, 2.45) is 0 Å². The highest BCUT2D eigenvalue weighted by Gasteiger charge is 2.46. The maximum atomic E-state index is 13.5. The van der Waals surface area contributed by atoms with Crippen molar-refractivity contribution in [3.63, 3.8) is 0 Å². The topological polar surface area (TPSA) is 88.5 Å². The molecule has 42 heavy (non-hydrogen) atoms. The van der Waals surface area contributed by atoms with Crippen LogP contribution in [0.3, 0.4) is 0 Å². The van der Waals surface area contributed by atoms with Crippen LogP contribution in [0.1, 0.15) is 48.6 Å². The smallest absolute Gasteiger partial charge is 0.295 e. The van der Waals surface area contributed by atoms with Gasteiger partial charge in [-0.15, -0.1) is 0 Å². The number of Topliss-reactive ketones (excluding diaryl/α,β-unsaturated/α-hetero) is 1. The van der Waals surface area contributed by atoms with E-state index in [-0.39, 0.29) is 17.4 Å². The first-order chi connectivity index (χ1) is 20.3. The average Bonchev–Trinajstić information content (AvgIpc) is 3.47. The monoisotopic (exact) mass is 570 g/mol. The molecule has 8 nitrogen and oxygen atoms in total. The third kappa shape index (κ3) is 6.14. The number of rotatable bonds is 11. The summed E-state index contributed by atoms with van der Waals surface area (Å²) in [5.74, 6) is 0.316. The van der Waals surface area contributed by atoms with E-state index in [1.54, 1.807) is 17.0 Å². The summed E-state index contributed by atoms with van der Waals surface area (Å²) < 4.78 is 17.9. The number of hydrogen-bond donors (Lipinski definition) is 1. The molecule has 2 aliphatic heterocycles. The summed E-state index contributed by atoms with van der Waals surface area (Å²) >= 11 is 0. The number of aliphatic hydroxyl groups is 1. The summed E-state index contributed by atoms with van der Waals surface area (Å²) in [7, 11) is 3.93. The maximum Gasteiger partial charge on any atom is 0.295 e. The second-order valence-electron chi connectivity index (χ2n) is 11.0. The molecule has 2 aliphatic rings. The van der Waals surface area contributed by atoms with Gasteiger partial charge in [-0.25, -0.2) is 0 Å². The van der Waals surface area contributed by atoms with Gasteiger partial charge in [0.2, 0.25) is 0 Å². The molecule has 220 valence electrons. The van der Waals surface area contributed by atoms with E-state index in [1.165, 1.54) is 0 Å². The highest BCUT2D eigenvalue weighted by molar-refractivity contribution is 6.46. The molecule has 8 heteroatoms. The highest BCUT2D eigenvalue weighted by atomic mass is 16.5. The van der Waals surface area contributed by atoms with Crippen LogP contribution in [0, 0.1) is 0 Å². The standard InChI is InChI=1S/C34H38N2O6/c1-5-40-29-20-24(12-15-28(29)41-21-23-10-7-6-8-11-23)31-30(33(38)34(39)36(31)17-9-16-35(3)4)32(37)25-13-14-27-26(19-25)18-22(2)42-27/h6-8,10-15,19-20,22,31,37H,5,9,16-18,21H2,1-4H3. The van der Waals surface area contributed by atoms with E-state index in [2.05, 4.69) is 0 Å². The predicted octanol–water partition coefficient (Wildman–Crippen LogP) is 5.36. The quantitative estimate of drug-likeness (QED) is 0.189. The van der Waals surface area contributed by atoms with Gasteiger partial charge in [-0.3, -0.25) is 9.59 Å². The molecule has 2 heterocycles. The molecule has 0 saturated carbocycles. The van der Waals surface area contributed by atoms with Crippen LogP contribution in [-0.4, -0.2) is 66.5 Å². The fourth-order valence-corrected chi connectivity index (χ4v) is 5.56. The van der Waals surface area contributed by atoms with Gasteiger partial charge >= 0.3 is 0 Å². The first-order valence-corrected chi connectivity index (χ1v) is 14.4. The van der Waals surface area contributed by atoms with Gasteiger partial charge in [0, 0.05) is 18.5 Å². The Balaban J connectivity index is 1.54. The number of carbonyl (C=O) groups is 2. The van der Waals surface area contributed by atoms with E-state index in [0.717, 1.165) is 23.4 Å². The van der Waals surface area contributed by atoms with Crippen LogP contribution in [0.4, 0.5) is 0 Å². The molecule has 3 aromatic carbocycles. The lowest BCUT2D eigenvalue weighted by molar-refractivity contribution is -0.139. The van der Waals surface area contributed by atoms with E-state index in [9.17, 15) is 14.7 Å². The Bertz CT molecular complexity index is 1480. The molecule has 1 amide bonds. The number of amides is 1. The van der Waals surface area contributed by atoms with Gasteiger partial charge in [-0.2, -0.15) is 0 Å². The average molecular weight is 571 g/mol. The Hall–Kier alpha value is -4.30. The lowest BCUT2D eigenvalue weighted by Gasteiger charge is -2.26. The molecule has 2 atom stereocenters. The third-order valence-corrected chi connectivity index (χ3v) is 7.53. The minimum atomic E-state index is -0.780. The van der Waals surface area contributed by atoms with E-state index in [1.807, 2.05) is 87.4 Å². The summed E-state index contributed by atoms with van der Waals surface area (Å²) in [6, 6.07) is 19.9. The summed E-state index contributed by atoms with van der Waals surface area (Å²) in [4.78, 5) is 30.5. The minimum absolute atomic E-state index is 0.0410. The van der Waals surface area contributed by atoms with Crippen molar-refractivity contribution in [3.05, 3.63) is 94.6 Å². The number of benzene rings is 3. The van der Waals surface area contributed by atoms with E-state index < -0.39 is 17.7 Å². The largest absolute Gasteiger partial charge is 0.507 e. The Labute approximate surface area is 247 Å². The van der Waals surface area contributed by atoms with Gasteiger partial charge < -0.3 is 29.1 Å². The number of ether oxygens (including phenoxy) is 3. The van der Waals surface area contributed by atoms with Crippen molar-refractivity contribution in [2.75, 3.05) is 33.8 Å². The molecular weight excluding hydrogens is 532 g/mol. The van der Waals surface area contributed by atoms with Crippen LogP contribution >= 0.6 is 0 Å². The van der Waals surface area contributed by atoms with Crippen molar-refractivity contribution >= 4 is 17.4 Å². The summed E-state index contributed by atoms with van der Waals surface area (Å²) in [6.45, 7) is 5.75. The van der Waals surface area contributed by atoms with Gasteiger partial charge in [0.05, 0.1) is 18.2 Å². The molecule has 1 fully saturated rings. The number of nitrogens with zero attached hydrogens (tertiary/aromatic N) is 2. The number of carbonyl (C=O) groups excluding carboxylic acids is 2. The van der Waals surface area contributed by atoms with Crippen LogP contribution in [-0.2, 0) is 22.6 Å². The predicted molar refractivity (Wildman–Crippen MR) is 161 cm³/mol. The third-order valence-electron chi connectivity index (χ3n) is 7.53. The summed E-state index contributed by atoms with van der Waals surface area (Å²) in [6.07, 6.45) is 1.42. The van der Waals surface area contributed by atoms with Crippen LogP contribution in [0.5, 0.6) is 17.2 Å². The summed E-state index contributed by atoms with van der Waals surface area (Å²) in [5.41, 5.74) is 3.19. The Morgan fingerprint density at radius 3 is 2.55 bits per heavy atom. The second-order valence-corrected chi connectivity index (χ2v) is 11.0. The molecule has 5 rings (SSSR count). The van der Waals surface area contributed by atoms with Gasteiger partial charge in [0.15, 0.2) is 11.5 Å². The SMILES string of the molecule is CCOc1cc(C2C(=C(O)c3ccc4c(c3)CC(C)O4)C(=O)C(=O)N2CCCN(C)C)ccc1OCc1ccccc1. The lowest BCUT2D eigenvalue weighted by atomic mass is 9.94. The first-order valence-electron chi connectivity index (χ1n) is 14.4. The van der Waals surface area contributed by atoms with Crippen LogP contribution in [0.25, 0.3) is 5.76 Å². The van der Waals surface area contributed by atoms with Crippen LogP contribution < -0.4 is 14.2 Å².